The zero-order valence-electron chi connectivity index (χ0n) is 15.5. The van der Waals surface area contributed by atoms with Gasteiger partial charge in [-0.25, -0.2) is 0 Å². The van der Waals surface area contributed by atoms with Gasteiger partial charge >= 0.3 is 0 Å². The highest BCUT2D eigenvalue weighted by Gasteiger charge is 2.12. The monoisotopic (exact) mass is 389 g/mol. The predicted octanol–water partition coefficient (Wildman–Crippen LogP) is 2.03. The van der Waals surface area contributed by atoms with Crippen LogP contribution in [0.1, 0.15) is 10.4 Å². The molecule has 146 valence electrons. The van der Waals surface area contributed by atoms with Crippen molar-refractivity contribution in [2.24, 2.45) is 5.73 Å². The number of nitrogens with zero attached hydrogens (tertiary/aromatic N) is 4. The van der Waals surface area contributed by atoms with Gasteiger partial charge in [0.05, 0.1) is 6.54 Å². The summed E-state index contributed by atoms with van der Waals surface area (Å²) in [6, 6.07) is 20.4. The SMILES string of the molecule is NC(=O)c1ccc(-c2nnn(CC(O)COc3ccc4ccccc4c3)n2)cc1. The Morgan fingerprint density at radius 1 is 1.07 bits per heavy atom. The third-order valence-electron chi connectivity index (χ3n) is 4.42. The van der Waals surface area contributed by atoms with E-state index in [2.05, 4.69) is 15.4 Å². The minimum Gasteiger partial charge on any atom is -0.491 e. The summed E-state index contributed by atoms with van der Waals surface area (Å²) in [6.45, 7) is 0.239. The summed E-state index contributed by atoms with van der Waals surface area (Å²) in [6.07, 6.45) is -0.805. The van der Waals surface area contributed by atoms with Crippen LogP contribution in [0.25, 0.3) is 22.2 Å². The molecule has 1 amide bonds. The fraction of sp³-hybridized carbons (Fsp3) is 0.143. The van der Waals surface area contributed by atoms with Gasteiger partial charge in [-0.3, -0.25) is 4.79 Å². The van der Waals surface area contributed by atoms with Gasteiger partial charge in [0.15, 0.2) is 0 Å². The van der Waals surface area contributed by atoms with Gasteiger partial charge < -0.3 is 15.6 Å². The van der Waals surface area contributed by atoms with E-state index in [-0.39, 0.29) is 13.2 Å². The summed E-state index contributed by atoms with van der Waals surface area (Å²) in [7, 11) is 0. The first-order valence-electron chi connectivity index (χ1n) is 9.06. The number of ether oxygens (including phenoxy) is 1. The number of carbonyl (C=O) groups is 1. The molecule has 0 aliphatic heterocycles. The largest absolute Gasteiger partial charge is 0.491 e. The Morgan fingerprint density at radius 3 is 2.59 bits per heavy atom. The topological polar surface area (TPSA) is 116 Å². The van der Waals surface area contributed by atoms with E-state index in [0.717, 1.165) is 10.8 Å². The molecule has 0 aliphatic carbocycles. The van der Waals surface area contributed by atoms with Crippen molar-refractivity contribution < 1.29 is 14.6 Å². The van der Waals surface area contributed by atoms with Gasteiger partial charge in [-0.1, -0.05) is 42.5 Å². The second-order valence-corrected chi connectivity index (χ2v) is 6.58. The highest BCUT2D eigenvalue weighted by molar-refractivity contribution is 5.93. The molecule has 0 saturated heterocycles. The quantitative estimate of drug-likeness (QED) is 0.500. The van der Waals surface area contributed by atoms with Crippen LogP contribution in [0, 0.1) is 0 Å². The van der Waals surface area contributed by atoms with E-state index in [9.17, 15) is 9.90 Å². The molecular weight excluding hydrogens is 370 g/mol. The Labute approximate surface area is 166 Å². The first kappa shape index (κ1) is 18.6. The lowest BCUT2D eigenvalue weighted by Crippen LogP contribution is -2.25. The van der Waals surface area contributed by atoms with Crippen LogP contribution in [0.15, 0.2) is 66.7 Å². The van der Waals surface area contributed by atoms with Crippen LogP contribution in [0.5, 0.6) is 5.75 Å². The van der Waals surface area contributed by atoms with Crippen LogP contribution < -0.4 is 10.5 Å². The maximum Gasteiger partial charge on any atom is 0.248 e. The standard InChI is InChI=1S/C21H19N5O3/c22-20(28)15-5-7-16(8-6-15)21-23-25-26(24-21)12-18(27)13-29-19-10-9-14-3-1-2-4-17(14)11-19/h1-11,18,27H,12-13H2,(H2,22,28). The molecule has 8 heteroatoms. The van der Waals surface area contributed by atoms with Crippen molar-refractivity contribution >= 4 is 16.7 Å². The van der Waals surface area contributed by atoms with Crippen molar-refractivity contribution in [3.05, 3.63) is 72.3 Å². The Balaban J connectivity index is 1.36. The average molecular weight is 389 g/mol. The zero-order valence-corrected chi connectivity index (χ0v) is 15.5. The number of carbonyl (C=O) groups excluding carboxylic acids is 1. The van der Waals surface area contributed by atoms with E-state index in [1.54, 1.807) is 24.3 Å². The molecule has 0 bridgehead atoms. The smallest absolute Gasteiger partial charge is 0.248 e. The molecule has 1 unspecified atom stereocenters. The van der Waals surface area contributed by atoms with E-state index >= 15 is 0 Å². The third-order valence-corrected chi connectivity index (χ3v) is 4.42. The molecule has 1 aromatic heterocycles. The number of hydrogen-bond acceptors (Lipinski definition) is 6. The zero-order chi connectivity index (χ0) is 20.2. The number of nitrogens with two attached hydrogens (primary N) is 1. The van der Waals surface area contributed by atoms with Gasteiger partial charge in [-0.15, -0.1) is 10.2 Å². The number of tetrazole rings is 1. The molecule has 0 aliphatic rings. The number of hydrogen-bond donors (Lipinski definition) is 2. The van der Waals surface area contributed by atoms with E-state index in [1.165, 1.54) is 4.80 Å². The molecule has 0 saturated carbocycles. The highest BCUT2D eigenvalue weighted by atomic mass is 16.5. The lowest BCUT2D eigenvalue weighted by molar-refractivity contribution is 0.0850. The van der Waals surface area contributed by atoms with Crippen LogP contribution in [-0.4, -0.2) is 43.9 Å². The highest BCUT2D eigenvalue weighted by Crippen LogP contribution is 2.20. The minimum absolute atomic E-state index is 0.0997. The second-order valence-electron chi connectivity index (χ2n) is 6.58. The van der Waals surface area contributed by atoms with Crippen LogP contribution in [-0.2, 0) is 6.54 Å². The number of rotatable bonds is 7. The van der Waals surface area contributed by atoms with E-state index in [1.807, 2.05) is 42.5 Å². The summed E-state index contributed by atoms with van der Waals surface area (Å²) in [5, 5.41) is 24.6. The maximum atomic E-state index is 11.1. The number of amides is 1. The number of aromatic nitrogens is 4. The van der Waals surface area contributed by atoms with Crippen molar-refractivity contribution in [1.29, 1.82) is 0 Å². The van der Waals surface area contributed by atoms with Crippen LogP contribution in [0.4, 0.5) is 0 Å². The van der Waals surface area contributed by atoms with Gasteiger partial charge in [-0.2, -0.15) is 4.80 Å². The first-order valence-corrected chi connectivity index (χ1v) is 9.06. The lowest BCUT2D eigenvalue weighted by atomic mass is 10.1. The summed E-state index contributed by atoms with van der Waals surface area (Å²) >= 11 is 0. The van der Waals surface area contributed by atoms with Crippen LogP contribution in [0.3, 0.4) is 0 Å². The first-order chi connectivity index (χ1) is 14.1. The number of aliphatic hydroxyl groups excluding tert-OH is 1. The molecule has 1 atom stereocenters. The van der Waals surface area contributed by atoms with Crippen molar-refractivity contribution in [3.8, 4) is 17.1 Å². The van der Waals surface area contributed by atoms with Crippen molar-refractivity contribution in [3.63, 3.8) is 0 Å². The van der Waals surface area contributed by atoms with Crippen molar-refractivity contribution in [2.45, 2.75) is 12.6 Å². The molecule has 4 aromatic rings. The molecule has 4 rings (SSSR count). The molecule has 0 radical (unpaired) electrons. The molecule has 1 heterocycles. The van der Waals surface area contributed by atoms with Crippen molar-refractivity contribution in [2.75, 3.05) is 6.61 Å². The van der Waals surface area contributed by atoms with E-state index < -0.39 is 12.0 Å². The maximum absolute atomic E-state index is 11.1. The summed E-state index contributed by atoms with van der Waals surface area (Å²) in [5.41, 5.74) is 6.34. The minimum atomic E-state index is -0.805. The predicted molar refractivity (Wildman–Crippen MR) is 107 cm³/mol. The molecule has 8 nitrogen and oxygen atoms in total. The molecule has 3 N–H and O–H groups in total. The number of fused-ring (bicyclic) bond motifs is 1. The average Bonchev–Trinajstić information content (AvgIpc) is 3.20. The molecular formula is C21H19N5O3. The molecule has 0 spiro atoms. The van der Waals surface area contributed by atoms with Crippen molar-refractivity contribution in [1.82, 2.24) is 20.2 Å². The van der Waals surface area contributed by atoms with Gasteiger partial charge in [0.1, 0.15) is 18.5 Å². The van der Waals surface area contributed by atoms with E-state index in [0.29, 0.717) is 22.7 Å². The second kappa shape index (κ2) is 8.07. The number of aliphatic hydroxyl groups is 1. The molecule has 29 heavy (non-hydrogen) atoms. The van der Waals surface area contributed by atoms with Crippen LogP contribution in [0.2, 0.25) is 0 Å². The fourth-order valence-electron chi connectivity index (χ4n) is 2.91. The van der Waals surface area contributed by atoms with Crippen LogP contribution >= 0.6 is 0 Å². The molecule has 3 aromatic carbocycles. The summed E-state index contributed by atoms with van der Waals surface area (Å²) < 4.78 is 5.69. The Hall–Kier alpha value is -3.78. The Morgan fingerprint density at radius 2 is 1.83 bits per heavy atom. The summed E-state index contributed by atoms with van der Waals surface area (Å²) in [5.74, 6) is 0.580. The molecule has 0 fully saturated rings. The van der Waals surface area contributed by atoms with Gasteiger partial charge in [-0.05, 0) is 40.3 Å². The number of benzene rings is 3. The van der Waals surface area contributed by atoms with E-state index in [4.69, 9.17) is 10.5 Å². The Kier molecular flexibility index (Phi) is 5.17. The van der Waals surface area contributed by atoms with Gasteiger partial charge in [0.2, 0.25) is 11.7 Å². The van der Waals surface area contributed by atoms with Gasteiger partial charge in [0.25, 0.3) is 0 Å². The Bertz CT molecular complexity index is 1140. The lowest BCUT2D eigenvalue weighted by Gasteiger charge is -2.12. The normalized spacial score (nSPS) is 12.0. The summed E-state index contributed by atoms with van der Waals surface area (Å²) in [4.78, 5) is 12.4. The fourth-order valence-corrected chi connectivity index (χ4v) is 2.91. The third kappa shape index (κ3) is 4.39. The number of primary amides is 1. The van der Waals surface area contributed by atoms with Gasteiger partial charge in [0, 0.05) is 11.1 Å².